The van der Waals surface area contributed by atoms with Crippen molar-refractivity contribution in [2.24, 2.45) is 0 Å². The second-order valence-corrected chi connectivity index (χ2v) is 9.09. The summed E-state index contributed by atoms with van der Waals surface area (Å²) in [4.78, 5) is 28.7. The molecule has 1 aromatic heterocycles. The Bertz CT molecular complexity index is 1260. The molecule has 9 heteroatoms. The van der Waals surface area contributed by atoms with Crippen LogP contribution in [0.25, 0.3) is 5.76 Å². The molecule has 170 valence electrons. The third kappa shape index (κ3) is 4.19. The molecule has 1 aliphatic rings. The van der Waals surface area contributed by atoms with E-state index in [1.54, 1.807) is 24.3 Å². The average Bonchev–Trinajstić information content (AvgIpc) is 3.40. The fourth-order valence-electron chi connectivity index (χ4n) is 3.92. The van der Waals surface area contributed by atoms with E-state index in [1.807, 2.05) is 17.5 Å². The highest BCUT2D eigenvalue weighted by Crippen LogP contribution is 2.45. The van der Waals surface area contributed by atoms with Crippen LogP contribution in [0.3, 0.4) is 0 Å². The number of thiophene rings is 1. The number of likely N-dealkylation sites (tertiary alicyclic amines) is 1. The smallest absolute Gasteiger partial charge is 0.295 e. The first-order chi connectivity index (χ1) is 15.9. The van der Waals surface area contributed by atoms with Crippen LogP contribution in [-0.2, 0) is 16.1 Å². The number of Topliss-reactive ketones (excluding diaryl/α,β-unsaturated/α-hetero) is 1. The molecule has 2 aromatic carbocycles. The van der Waals surface area contributed by atoms with Gasteiger partial charge in [-0.25, -0.2) is 0 Å². The van der Waals surface area contributed by atoms with Gasteiger partial charge in [0.25, 0.3) is 11.7 Å². The first kappa shape index (κ1) is 23.2. The number of methoxy groups -OCH3 is 2. The maximum absolute atomic E-state index is 13.3. The molecular weight excluding hydrogens is 485 g/mol. The highest BCUT2D eigenvalue weighted by Gasteiger charge is 2.47. The van der Waals surface area contributed by atoms with Gasteiger partial charge in [-0.15, -0.1) is 11.3 Å². The van der Waals surface area contributed by atoms with Crippen molar-refractivity contribution in [2.75, 3.05) is 14.2 Å². The van der Waals surface area contributed by atoms with E-state index in [0.29, 0.717) is 11.3 Å². The molecule has 3 aromatic rings. The summed E-state index contributed by atoms with van der Waals surface area (Å²) < 4.78 is 10.9. The fraction of sp³-hybridized carbons (Fsp3) is 0.167. The van der Waals surface area contributed by atoms with Gasteiger partial charge < -0.3 is 19.5 Å². The summed E-state index contributed by atoms with van der Waals surface area (Å²) >= 11 is 13.9. The van der Waals surface area contributed by atoms with Gasteiger partial charge in [0.15, 0.2) is 0 Å². The fourth-order valence-corrected chi connectivity index (χ4v) is 5.19. The maximum atomic E-state index is 13.3. The number of carbonyl (C=O) groups is 2. The normalized spacial score (nSPS) is 17.5. The zero-order valence-electron chi connectivity index (χ0n) is 17.7. The maximum Gasteiger partial charge on any atom is 0.295 e. The van der Waals surface area contributed by atoms with Gasteiger partial charge >= 0.3 is 0 Å². The van der Waals surface area contributed by atoms with Crippen LogP contribution in [-0.4, -0.2) is 35.9 Å². The summed E-state index contributed by atoms with van der Waals surface area (Å²) in [5.74, 6) is -1.37. The zero-order chi connectivity index (χ0) is 23.7. The van der Waals surface area contributed by atoms with E-state index in [-0.39, 0.29) is 33.5 Å². The highest BCUT2D eigenvalue weighted by molar-refractivity contribution is 7.09. The molecule has 1 saturated heterocycles. The van der Waals surface area contributed by atoms with Crippen molar-refractivity contribution in [1.29, 1.82) is 0 Å². The molecule has 1 N–H and O–H groups in total. The van der Waals surface area contributed by atoms with E-state index in [4.69, 9.17) is 32.7 Å². The molecule has 1 aliphatic heterocycles. The van der Waals surface area contributed by atoms with Crippen LogP contribution >= 0.6 is 34.5 Å². The lowest BCUT2D eigenvalue weighted by molar-refractivity contribution is -0.140. The number of rotatable bonds is 6. The van der Waals surface area contributed by atoms with E-state index in [0.717, 1.165) is 4.88 Å². The second kappa shape index (κ2) is 9.47. The number of halogens is 2. The third-order valence-corrected chi connectivity index (χ3v) is 6.71. The number of ether oxygens (including phenoxy) is 2. The number of hydrogen-bond acceptors (Lipinski definition) is 6. The molecule has 2 heterocycles. The summed E-state index contributed by atoms with van der Waals surface area (Å²) in [6.07, 6.45) is 0. The highest BCUT2D eigenvalue weighted by atomic mass is 35.5. The van der Waals surface area contributed by atoms with E-state index >= 15 is 0 Å². The quantitative estimate of drug-likeness (QED) is 0.265. The van der Waals surface area contributed by atoms with Crippen molar-refractivity contribution in [1.82, 2.24) is 4.90 Å². The van der Waals surface area contributed by atoms with Crippen LogP contribution in [0.15, 0.2) is 59.5 Å². The van der Waals surface area contributed by atoms with E-state index in [2.05, 4.69) is 0 Å². The van der Waals surface area contributed by atoms with Gasteiger partial charge in [0.05, 0.1) is 43.0 Å². The second-order valence-electron chi connectivity index (χ2n) is 7.22. The molecule has 1 fully saturated rings. The molecule has 0 aliphatic carbocycles. The molecule has 1 amide bonds. The van der Waals surface area contributed by atoms with Gasteiger partial charge in [-0.2, -0.15) is 0 Å². The number of amides is 1. The number of aliphatic hydroxyl groups excluding tert-OH is 1. The lowest BCUT2D eigenvalue weighted by Gasteiger charge is -2.26. The van der Waals surface area contributed by atoms with Crippen LogP contribution in [0.5, 0.6) is 11.5 Å². The topological polar surface area (TPSA) is 76.1 Å². The Labute approximate surface area is 204 Å². The monoisotopic (exact) mass is 503 g/mol. The molecule has 0 bridgehead atoms. The van der Waals surface area contributed by atoms with Gasteiger partial charge in [0, 0.05) is 15.5 Å². The summed E-state index contributed by atoms with van der Waals surface area (Å²) in [5.41, 5.74) is 0.575. The Hall–Kier alpha value is -3.00. The van der Waals surface area contributed by atoms with E-state index in [1.165, 1.54) is 42.6 Å². The standard InChI is InChI=1S/C24H19Cl2NO5S/c1-31-18-8-4-3-7-15(18)20-19(21(28)16-10-13(25)11-17(26)23(16)32-2)22(29)24(30)27(20)12-14-6-5-9-33-14/h3-11,20,28H,12H2,1-2H3/b21-19+. The van der Waals surface area contributed by atoms with Crippen molar-refractivity contribution >= 4 is 52.0 Å². The minimum atomic E-state index is -0.897. The van der Waals surface area contributed by atoms with Crippen LogP contribution < -0.4 is 9.47 Å². The van der Waals surface area contributed by atoms with Gasteiger partial charge in [-0.3, -0.25) is 9.59 Å². The first-order valence-corrected chi connectivity index (χ1v) is 11.5. The summed E-state index contributed by atoms with van der Waals surface area (Å²) in [6.45, 7) is 0.190. The molecule has 1 atom stereocenters. The van der Waals surface area contributed by atoms with E-state index < -0.39 is 23.5 Å². The Morgan fingerprint density at radius 1 is 1.09 bits per heavy atom. The SMILES string of the molecule is COc1ccccc1C1/C(=C(\O)c2cc(Cl)cc(Cl)c2OC)C(=O)C(=O)N1Cc1cccs1. The van der Waals surface area contributed by atoms with Crippen molar-refractivity contribution in [3.8, 4) is 11.5 Å². The summed E-state index contributed by atoms with van der Waals surface area (Å²) in [6, 6.07) is 12.8. The lowest BCUT2D eigenvalue weighted by atomic mass is 9.94. The molecule has 0 saturated carbocycles. The number of para-hydroxylation sites is 1. The molecule has 0 radical (unpaired) electrons. The minimum Gasteiger partial charge on any atom is -0.507 e. The van der Waals surface area contributed by atoms with Crippen molar-refractivity contribution in [2.45, 2.75) is 12.6 Å². The van der Waals surface area contributed by atoms with Crippen LogP contribution in [0.2, 0.25) is 10.0 Å². The van der Waals surface area contributed by atoms with Crippen molar-refractivity contribution in [3.63, 3.8) is 0 Å². The summed E-state index contributed by atoms with van der Waals surface area (Å²) in [5, 5.41) is 13.6. The number of ketones is 1. The molecule has 6 nitrogen and oxygen atoms in total. The van der Waals surface area contributed by atoms with Gasteiger partial charge in [0.1, 0.15) is 17.3 Å². The Morgan fingerprint density at radius 3 is 2.52 bits per heavy atom. The van der Waals surface area contributed by atoms with Crippen molar-refractivity contribution in [3.05, 3.63) is 85.5 Å². The lowest BCUT2D eigenvalue weighted by Crippen LogP contribution is -2.29. The minimum absolute atomic E-state index is 0.0994. The predicted octanol–water partition coefficient (Wildman–Crippen LogP) is 5.69. The van der Waals surface area contributed by atoms with Crippen LogP contribution in [0, 0.1) is 0 Å². The Kier molecular flexibility index (Phi) is 6.65. The van der Waals surface area contributed by atoms with Gasteiger partial charge in [0.2, 0.25) is 0 Å². The Balaban J connectivity index is 1.97. The number of hydrogen-bond donors (Lipinski definition) is 1. The first-order valence-electron chi connectivity index (χ1n) is 9.84. The molecule has 4 rings (SSSR count). The van der Waals surface area contributed by atoms with Gasteiger partial charge in [-0.1, -0.05) is 47.5 Å². The third-order valence-electron chi connectivity index (χ3n) is 5.35. The molecule has 1 unspecified atom stereocenters. The number of carbonyl (C=O) groups excluding carboxylic acids is 2. The Morgan fingerprint density at radius 2 is 1.85 bits per heavy atom. The summed E-state index contributed by atoms with van der Waals surface area (Å²) in [7, 11) is 2.89. The zero-order valence-corrected chi connectivity index (χ0v) is 20.0. The van der Waals surface area contributed by atoms with Crippen LogP contribution in [0.1, 0.15) is 22.0 Å². The van der Waals surface area contributed by atoms with Gasteiger partial charge in [-0.05, 0) is 29.6 Å². The predicted molar refractivity (Wildman–Crippen MR) is 128 cm³/mol. The van der Waals surface area contributed by atoms with Crippen molar-refractivity contribution < 1.29 is 24.2 Å². The number of nitrogens with zero attached hydrogens (tertiary/aromatic N) is 1. The van der Waals surface area contributed by atoms with E-state index in [9.17, 15) is 14.7 Å². The molecule has 0 spiro atoms. The van der Waals surface area contributed by atoms with Crippen LogP contribution in [0.4, 0.5) is 0 Å². The average molecular weight is 504 g/mol. The molecular formula is C24H19Cl2NO5S. The molecule has 33 heavy (non-hydrogen) atoms. The number of benzene rings is 2. The largest absolute Gasteiger partial charge is 0.507 e. The number of aliphatic hydroxyl groups is 1.